The Labute approximate surface area is 154 Å². The van der Waals surface area contributed by atoms with Crippen LogP contribution >= 0.6 is 0 Å². The van der Waals surface area contributed by atoms with Crippen molar-refractivity contribution in [2.75, 3.05) is 13.2 Å². The lowest BCUT2D eigenvalue weighted by molar-refractivity contribution is -0.142. The van der Waals surface area contributed by atoms with Gasteiger partial charge in [0.05, 0.1) is 12.0 Å². The van der Waals surface area contributed by atoms with E-state index in [0.29, 0.717) is 25.9 Å². The maximum Gasteiger partial charge on any atom is 0.318 e. The van der Waals surface area contributed by atoms with E-state index in [1.807, 2.05) is 35.2 Å². The highest BCUT2D eigenvalue weighted by molar-refractivity contribution is 5.75. The van der Waals surface area contributed by atoms with Gasteiger partial charge in [0, 0.05) is 25.7 Å². The fourth-order valence-electron chi connectivity index (χ4n) is 3.81. The number of rotatable bonds is 6. The van der Waals surface area contributed by atoms with Crippen LogP contribution in [-0.4, -0.2) is 47.3 Å². The molecule has 2 N–H and O–H groups in total. The molecule has 142 valence electrons. The van der Waals surface area contributed by atoms with Crippen molar-refractivity contribution in [2.45, 2.75) is 57.2 Å². The number of aliphatic carboxylic acids is 1. The average molecular weight is 360 g/mol. The number of urea groups is 1. The molecule has 2 aliphatic rings. The number of nitrogens with zero attached hydrogens (tertiary/aromatic N) is 1. The number of nitrogens with one attached hydrogen (secondary N) is 1. The van der Waals surface area contributed by atoms with E-state index >= 15 is 0 Å². The molecule has 1 aliphatic carbocycles. The van der Waals surface area contributed by atoms with Crippen molar-refractivity contribution in [1.29, 1.82) is 0 Å². The van der Waals surface area contributed by atoms with Crippen LogP contribution in [-0.2, 0) is 16.1 Å². The van der Waals surface area contributed by atoms with Crippen LogP contribution in [0.2, 0.25) is 0 Å². The molecule has 26 heavy (non-hydrogen) atoms. The zero-order chi connectivity index (χ0) is 18.4. The van der Waals surface area contributed by atoms with Gasteiger partial charge in [-0.15, -0.1) is 0 Å². The third kappa shape index (κ3) is 5.21. The van der Waals surface area contributed by atoms with Crippen LogP contribution < -0.4 is 5.32 Å². The number of benzene rings is 1. The highest BCUT2D eigenvalue weighted by Crippen LogP contribution is 2.25. The normalized spacial score (nSPS) is 25.6. The molecule has 0 spiro atoms. The van der Waals surface area contributed by atoms with E-state index in [-0.39, 0.29) is 24.1 Å². The van der Waals surface area contributed by atoms with Crippen LogP contribution in [0.15, 0.2) is 30.3 Å². The van der Waals surface area contributed by atoms with Gasteiger partial charge in [-0.05, 0) is 44.1 Å². The summed E-state index contributed by atoms with van der Waals surface area (Å²) in [5.41, 5.74) is 1.09. The van der Waals surface area contributed by atoms with Gasteiger partial charge in [-0.2, -0.15) is 0 Å². The minimum absolute atomic E-state index is 0.0564. The summed E-state index contributed by atoms with van der Waals surface area (Å²) in [5, 5.41) is 12.2. The number of carbonyl (C=O) groups is 2. The summed E-state index contributed by atoms with van der Waals surface area (Å²) >= 11 is 0. The molecule has 1 saturated carbocycles. The number of carboxylic acids is 1. The first-order valence-corrected chi connectivity index (χ1v) is 9.55. The maximum absolute atomic E-state index is 12.9. The molecule has 1 aromatic carbocycles. The Bertz CT molecular complexity index is 593. The summed E-state index contributed by atoms with van der Waals surface area (Å²) < 4.78 is 5.71. The van der Waals surface area contributed by atoms with Crippen LogP contribution in [0, 0.1) is 5.92 Å². The molecule has 0 aromatic heterocycles. The summed E-state index contributed by atoms with van der Waals surface area (Å²) in [4.78, 5) is 25.8. The van der Waals surface area contributed by atoms with E-state index in [1.165, 1.54) is 0 Å². The van der Waals surface area contributed by atoms with Gasteiger partial charge in [0.1, 0.15) is 0 Å². The molecule has 1 aromatic rings. The summed E-state index contributed by atoms with van der Waals surface area (Å²) in [6, 6.07) is 9.94. The molecule has 2 fully saturated rings. The van der Waals surface area contributed by atoms with Crippen molar-refractivity contribution in [2.24, 2.45) is 5.92 Å². The summed E-state index contributed by atoms with van der Waals surface area (Å²) in [6.07, 6.45) is 4.85. The Hall–Kier alpha value is -2.08. The summed E-state index contributed by atoms with van der Waals surface area (Å²) in [5.74, 6) is -0.991. The van der Waals surface area contributed by atoms with Crippen molar-refractivity contribution in [3.63, 3.8) is 0 Å². The van der Waals surface area contributed by atoms with Crippen LogP contribution in [0.25, 0.3) is 0 Å². The lowest BCUT2D eigenvalue weighted by atomic mass is 9.86. The number of hydrogen-bond donors (Lipinski definition) is 2. The molecular formula is C20H28N2O4. The van der Waals surface area contributed by atoms with Gasteiger partial charge < -0.3 is 20.1 Å². The highest BCUT2D eigenvalue weighted by atomic mass is 16.5. The largest absolute Gasteiger partial charge is 0.481 e. The van der Waals surface area contributed by atoms with Gasteiger partial charge >= 0.3 is 12.0 Å². The molecule has 1 aliphatic heterocycles. The molecule has 6 heteroatoms. The Kier molecular flexibility index (Phi) is 6.50. The van der Waals surface area contributed by atoms with Crippen LogP contribution in [0.4, 0.5) is 4.79 Å². The summed E-state index contributed by atoms with van der Waals surface area (Å²) in [6.45, 7) is 1.91. The number of hydrogen-bond acceptors (Lipinski definition) is 3. The smallest absolute Gasteiger partial charge is 0.318 e. The first-order chi connectivity index (χ1) is 12.6. The predicted molar refractivity (Wildman–Crippen MR) is 97.7 cm³/mol. The SMILES string of the molecule is O=C(O)C1CCC(NC(=O)N(Cc2ccccc2)CC2CCCO2)CC1. The van der Waals surface area contributed by atoms with Crippen LogP contribution in [0.3, 0.4) is 0 Å². The molecule has 1 unspecified atom stereocenters. The quantitative estimate of drug-likeness (QED) is 0.817. The van der Waals surface area contributed by atoms with E-state index < -0.39 is 5.97 Å². The zero-order valence-corrected chi connectivity index (χ0v) is 15.1. The Morgan fingerprint density at radius 1 is 1.12 bits per heavy atom. The van der Waals surface area contributed by atoms with E-state index in [2.05, 4.69) is 5.32 Å². The predicted octanol–water partition coefficient (Wildman–Crippen LogP) is 3.02. The standard InChI is InChI=1S/C20H28N2O4/c23-19(24)16-8-10-17(11-9-16)21-20(25)22(14-18-7-4-12-26-18)13-15-5-2-1-3-6-15/h1-3,5-6,16-18H,4,7-14H2,(H,21,25)(H,23,24). The Balaban J connectivity index is 1.58. The summed E-state index contributed by atoms with van der Waals surface area (Å²) in [7, 11) is 0. The highest BCUT2D eigenvalue weighted by Gasteiger charge is 2.29. The fraction of sp³-hybridized carbons (Fsp3) is 0.600. The molecule has 3 rings (SSSR count). The lowest BCUT2D eigenvalue weighted by Crippen LogP contribution is -2.48. The minimum atomic E-state index is -0.723. The average Bonchev–Trinajstić information content (AvgIpc) is 3.15. The molecule has 1 atom stereocenters. The number of ether oxygens (including phenoxy) is 1. The first kappa shape index (κ1) is 18.7. The maximum atomic E-state index is 12.9. The third-order valence-electron chi connectivity index (χ3n) is 5.36. The van der Waals surface area contributed by atoms with E-state index in [4.69, 9.17) is 9.84 Å². The molecule has 2 amide bonds. The lowest BCUT2D eigenvalue weighted by Gasteiger charge is -2.31. The van der Waals surface area contributed by atoms with E-state index in [1.54, 1.807) is 0 Å². The monoisotopic (exact) mass is 360 g/mol. The van der Waals surface area contributed by atoms with Crippen LogP contribution in [0.1, 0.15) is 44.1 Å². The first-order valence-electron chi connectivity index (χ1n) is 9.55. The molecule has 0 radical (unpaired) electrons. The van der Waals surface area contributed by atoms with Gasteiger partial charge in [0.2, 0.25) is 0 Å². The van der Waals surface area contributed by atoms with Crippen molar-refractivity contribution < 1.29 is 19.4 Å². The van der Waals surface area contributed by atoms with Gasteiger partial charge in [-0.1, -0.05) is 30.3 Å². The van der Waals surface area contributed by atoms with Gasteiger partial charge in [0.15, 0.2) is 0 Å². The van der Waals surface area contributed by atoms with Crippen molar-refractivity contribution in [1.82, 2.24) is 10.2 Å². The third-order valence-corrected chi connectivity index (χ3v) is 5.36. The number of carboxylic acid groups (broad SMARTS) is 1. The second-order valence-electron chi connectivity index (χ2n) is 7.34. The van der Waals surface area contributed by atoms with E-state index in [9.17, 15) is 9.59 Å². The molecular weight excluding hydrogens is 332 g/mol. The van der Waals surface area contributed by atoms with Crippen molar-refractivity contribution in [3.05, 3.63) is 35.9 Å². The van der Waals surface area contributed by atoms with Crippen molar-refractivity contribution in [3.8, 4) is 0 Å². The van der Waals surface area contributed by atoms with Crippen molar-refractivity contribution >= 4 is 12.0 Å². The van der Waals surface area contributed by atoms with E-state index in [0.717, 1.165) is 37.9 Å². The molecule has 1 heterocycles. The fourth-order valence-corrected chi connectivity index (χ4v) is 3.81. The number of carbonyl (C=O) groups excluding carboxylic acids is 1. The van der Waals surface area contributed by atoms with Gasteiger partial charge in [-0.3, -0.25) is 4.79 Å². The number of amides is 2. The Morgan fingerprint density at radius 3 is 2.46 bits per heavy atom. The Morgan fingerprint density at radius 2 is 1.85 bits per heavy atom. The molecule has 0 bridgehead atoms. The van der Waals surface area contributed by atoms with Gasteiger partial charge in [-0.25, -0.2) is 4.79 Å². The van der Waals surface area contributed by atoms with Crippen LogP contribution in [0.5, 0.6) is 0 Å². The molecule has 6 nitrogen and oxygen atoms in total. The molecule has 1 saturated heterocycles. The second-order valence-corrected chi connectivity index (χ2v) is 7.34. The van der Waals surface area contributed by atoms with Gasteiger partial charge in [0.25, 0.3) is 0 Å². The zero-order valence-electron chi connectivity index (χ0n) is 15.1. The minimum Gasteiger partial charge on any atom is -0.481 e. The topological polar surface area (TPSA) is 78.9 Å². The second kappa shape index (κ2) is 9.03.